The van der Waals surface area contributed by atoms with E-state index in [0.29, 0.717) is 22.6 Å². The molecule has 0 saturated carbocycles. The van der Waals surface area contributed by atoms with Crippen molar-refractivity contribution < 1.29 is 9.90 Å². The van der Waals surface area contributed by atoms with Gasteiger partial charge >= 0.3 is 0 Å². The Hall–Kier alpha value is -2.95. The number of hydrogen-bond acceptors (Lipinski definition) is 4. The van der Waals surface area contributed by atoms with Crippen molar-refractivity contribution in [3.8, 4) is 5.75 Å². The molecule has 0 aromatic heterocycles. The molecule has 2 aromatic carbocycles. The first-order chi connectivity index (χ1) is 10.0. The number of benzene rings is 2. The van der Waals surface area contributed by atoms with E-state index in [9.17, 15) is 9.90 Å². The number of carbonyl (C=O) groups is 1. The van der Waals surface area contributed by atoms with Crippen molar-refractivity contribution in [3.63, 3.8) is 0 Å². The maximum Gasteiger partial charge on any atom is 0.250 e. The number of anilines is 1. The van der Waals surface area contributed by atoms with Gasteiger partial charge in [0.05, 0.1) is 11.4 Å². The van der Waals surface area contributed by atoms with Crippen molar-refractivity contribution in [2.45, 2.75) is 6.92 Å². The van der Waals surface area contributed by atoms with E-state index >= 15 is 0 Å². The van der Waals surface area contributed by atoms with Crippen molar-refractivity contribution in [1.29, 1.82) is 0 Å². The summed E-state index contributed by atoms with van der Waals surface area (Å²) in [5.74, 6) is -0.0278. The minimum atomic E-state index is -0.214. The highest BCUT2D eigenvalue weighted by atomic mass is 16.3. The molecule has 5 nitrogen and oxygen atoms in total. The molecular formula is C16H15N3O2. The smallest absolute Gasteiger partial charge is 0.250 e. The van der Waals surface area contributed by atoms with E-state index in [2.05, 4.69) is 22.1 Å². The summed E-state index contributed by atoms with van der Waals surface area (Å²) < 4.78 is 0. The minimum Gasteiger partial charge on any atom is -0.508 e. The van der Waals surface area contributed by atoms with Gasteiger partial charge in [0.15, 0.2) is 0 Å². The number of rotatable bonds is 4. The summed E-state index contributed by atoms with van der Waals surface area (Å²) in [4.78, 5) is 11.5. The molecule has 0 saturated heterocycles. The highest BCUT2D eigenvalue weighted by Gasteiger charge is 2.02. The number of nitrogens with zero attached hydrogens (tertiary/aromatic N) is 2. The Balaban J connectivity index is 2.03. The first kappa shape index (κ1) is 14.5. The molecule has 0 aliphatic rings. The number of carbonyl (C=O) groups excluding carboxylic acids is 1. The van der Waals surface area contributed by atoms with Crippen LogP contribution in [0.4, 0.5) is 17.1 Å². The molecule has 106 valence electrons. The van der Waals surface area contributed by atoms with Crippen LogP contribution in [0.15, 0.2) is 70.9 Å². The molecule has 2 N–H and O–H groups in total. The Bertz CT molecular complexity index is 674. The number of aromatic hydroxyl groups is 1. The second-order valence-corrected chi connectivity index (χ2v) is 4.50. The number of hydrogen-bond donors (Lipinski definition) is 2. The quantitative estimate of drug-likeness (QED) is 0.646. The van der Waals surface area contributed by atoms with E-state index in [1.807, 2.05) is 0 Å². The van der Waals surface area contributed by atoms with Crippen molar-refractivity contribution in [2.75, 3.05) is 5.32 Å². The SMILES string of the molecule is C=C(C)C(=O)Nc1ccc(N=Nc2ccc(O)cc2)cc1. The average Bonchev–Trinajstić information content (AvgIpc) is 2.48. The van der Waals surface area contributed by atoms with Crippen LogP contribution in [-0.4, -0.2) is 11.0 Å². The van der Waals surface area contributed by atoms with E-state index in [4.69, 9.17) is 0 Å². The third-order valence-electron chi connectivity index (χ3n) is 2.64. The molecule has 0 unspecified atom stereocenters. The molecular weight excluding hydrogens is 266 g/mol. The standard InChI is InChI=1S/C16H15N3O2/c1-11(2)16(21)17-12-3-5-13(6-4-12)18-19-14-7-9-15(20)10-8-14/h3-10,20H,1H2,2H3,(H,17,21). The molecule has 2 rings (SSSR count). The fraction of sp³-hybridized carbons (Fsp3) is 0.0625. The molecule has 0 aliphatic carbocycles. The lowest BCUT2D eigenvalue weighted by Crippen LogP contribution is -2.11. The van der Waals surface area contributed by atoms with Gasteiger partial charge in [-0.05, 0) is 55.5 Å². The Morgan fingerprint density at radius 2 is 1.48 bits per heavy atom. The summed E-state index contributed by atoms with van der Waals surface area (Å²) >= 11 is 0. The number of azo groups is 1. The first-order valence-electron chi connectivity index (χ1n) is 6.32. The maximum atomic E-state index is 11.5. The zero-order chi connectivity index (χ0) is 15.2. The van der Waals surface area contributed by atoms with E-state index in [1.54, 1.807) is 55.5 Å². The van der Waals surface area contributed by atoms with Crippen LogP contribution < -0.4 is 5.32 Å². The van der Waals surface area contributed by atoms with E-state index in [1.165, 1.54) is 0 Å². The van der Waals surface area contributed by atoms with Crippen LogP contribution in [0.25, 0.3) is 0 Å². The lowest BCUT2D eigenvalue weighted by atomic mass is 10.2. The zero-order valence-electron chi connectivity index (χ0n) is 11.6. The third kappa shape index (κ3) is 4.28. The Kier molecular flexibility index (Phi) is 4.46. The van der Waals surface area contributed by atoms with Crippen LogP contribution in [0.5, 0.6) is 5.75 Å². The van der Waals surface area contributed by atoms with Gasteiger partial charge in [-0.3, -0.25) is 4.79 Å². The van der Waals surface area contributed by atoms with Crippen molar-refractivity contribution in [3.05, 3.63) is 60.7 Å². The molecule has 0 heterocycles. The van der Waals surface area contributed by atoms with Gasteiger partial charge in [0, 0.05) is 11.3 Å². The van der Waals surface area contributed by atoms with E-state index in [0.717, 1.165) is 0 Å². The van der Waals surface area contributed by atoms with E-state index < -0.39 is 0 Å². The molecule has 0 fully saturated rings. The van der Waals surface area contributed by atoms with Crippen molar-refractivity contribution >= 4 is 23.0 Å². The largest absolute Gasteiger partial charge is 0.508 e. The molecule has 0 atom stereocenters. The topological polar surface area (TPSA) is 74.0 Å². The van der Waals surface area contributed by atoms with Gasteiger partial charge in [0.2, 0.25) is 0 Å². The number of phenols is 1. The molecule has 0 spiro atoms. The summed E-state index contributed by atoms with van der Waals surface area (Å²) in [6.07, 6.45) is 0. The number of phenolic OH excluding ortho intramolecular Hbond substituents is 1. The summed E-state index contributed by atoms with van der Waals surface area (Å²) in [5, 5.41) is 20.0. The van der Waals surface area contributed by atoms with Gasteiger partial charge in [0.1, 0.15) is 5.75 Å². The van der Waals surface area contributed by atoms with Crippen molar-refractivity contribution in [1.82, 2.24) is 0 Å². The second-order valence-electron chi connectivity index (χ2n) is 4.50. The minimum absolute atomic E-state index is 0.187. The molecule has 0 bridgehead atoms. The first-order valence-corrected chi connectivity index (χ1v) is 6.32. The summed E-state index contributed by atoms with van der Waals surface area (Å²) in [6.45, 7) is 5.22. The van der Waals surface area contributed by atoms with Gasteiger partial charge in [-0.1, -0.05) is 6.58 Å². The fourth-order valence-corrected chi connectivity index (χ4v) is 1.48. The normalized spacial score (nSPS) is 10.5. The number of nitrogens with one attached hydrogen (secondary N) is 1. The molecule has 21 heavy (non-hydrogen) atoms. The second kappa shape index (κ2) is 6.47. The van der Waals surface area contributed by atoms with Crippen LogP contribution >= 0.6 is 0 Å². The maximum absolute atomic E-state index is 11.5. The van der Waals surface area contributed by atoms with Gasteiger partial charge in [-0.25, -0.2) is 0 Å². The fourth-order valence-electron chi connectivity index (χ4n) is 1.48. The summed E-state index contributed by atoms with van der Waals surface area (Å²) in [5.41, 5.74) is 2.43. The van der Waals surface area contributed by atoms with Crippen LogP contribution in [0.1, 0.15) is 6.92 Å². The summed E-state index contributed by atoms with van der Waals surface area (Å²) in [7, 11) is 0. The van der Waals surface area contributed by atoms with E-state index in [-0.39, 0.29) is 11.7 Å². The average molecular weight is 281 g/mol. The molecule has 2 aromatic rings. The predicted molar refractivity (Wildman–Crippen MR) is 82.2 cm³/mol. The van der Waals surface area contributed by atoms with Gasteiger partial charge < -0.3 is 10.4 Å². The monoisotopic (exact) mass is 281 g/mol. The lowest BCUT2D eigenvalue weighted by Gasteiger charge is -2.04. The lowest BCUT2D eigenvalue weighted by molar-refractivity contribution is -0.112. The van der Waals surface area contributed by atoms with Crippen LogP contribution in [-0.2, 0) is 4.79 Å². The molecule has 0 aliphatic heterocycles. The zero-order valence-corrected chi connectivity index (χ0v) is 11.6. The van der Waals surface area contributed by atoms with Crippen LogP contribution in [0, 0.1) is 0 Å². The Labute approximate surface area is 122 Å². The van der Waals surface area contributed by atoms with Crippen LogP contribution in [0.2, 0.25) is 0 Å². The third-order valence-corrected chi connectivity index (χ3v) is 2.64. The van der Waals surface area contributed by atoms with Gasteiger partial charge in [-0.2, -0.15) is 10.2 Å². The number of amides is 1. The van der Waals surface area contributed by atoms with Crippen LogP contribution in [0.3, 0.4) is 0 Å². The Morgan fingerprint density at radius 3 is 1.95 bits per heavy atom. The van der Waals surface area contributed by atoms with Gasteiger partial charge in [-0.15, -0.1) is 0 Å². The highest BCUT2D eigenvalue weighted by Crippen LogP contribution is 2.21. The summed E-state index contributed by atoms with van der Waals surface area (Å²) in [6, 6.07) is 13.4. The predicted octanol–water partition coefficient (Wildman–Crippen LogP) is 4.32. The molecule has 5 heteroatoms. The highest BCUT2D eigenvalue weighted by molar-refractivity contribution is 6.02. The molecule has 0 radical (unpaired) electrons. The van der Waals surface area contributed by atoms with Gasteiger partial charge in [0.25, 0.3) is 5.91 Å². The Morgan fingerprint density at radius 1 is 1.00 bits per heavy atom. The van der Waals surface area contributed by atoms with Crippen molar-refractivity contribution in [2.24, 2.45) is 10.2 Å². The molecule has 1 amide bonds.